The maximum Gasteiger partial charge on any atom is 0.358 e. The van der Waals surface area contributed by atoms with Gasteiger partial charge >= 0.3 is 5.97 Å². The van der Waals surface area contributed by atoms with Crippen LogP contribution < -0.4 is 5.32 Å². The first kappa shape index (κ1) is 11.1. The van der Waals surface area contributed by atoms with Gasteiger partial charge in [-0.3, -0.25) is 0 Å². The Balaban J connectivity index is 2.07. The highest BCUT2D eigenvalue weighted by Crippen LogP contribution is 2.23. The van der Waals surface area contributed by atoms with E-state index in [9.17, 15) is 4.79 Å². The molecule has 0 aliphatic carbocycles. The van der Waals surface area contributed by atoms with Crippen LogP contribution in [0.4, 0.5) is 0 Å². The minimum absolute atomic E-state index is 0.00983. The molecule has 2 heterocycles. The van der Waals surface area contributed by atoms with Crippen molar-refractivity contribution in [3.05, 3.63) is 11.9 Å². The van der Waals surface area contributed by atoms with Crippen LogP contribution >= 0.6 is 0 Å². The van der Waals surface area contributed by atoms with E-state index < -0.39 is 5.97 Å². The zero-order valence-electron chi connectivity index (χ0n) is 9.26. The fourth-order valence-electron chi connectivity index (χ4n) is 2.08. The fourth-order valence-corrected chi connectivity index (χ4v) is 2.08. The van der Waals surface area contributed by atoms with Gasteiger partial charge < -0.3 is 10.4 Å². The summed E-state index contributed by atoms with van der Waals surface area (Å²) < 4.78 is 1.65. The predicted octanol–water partition coefficient (Wildman–Crippen LogP) is 0.537. The summed E-state index contributed by atoms with van der Waals surface area (Å²) >= 11 is 0. The van der Waals surface area contributed by atoms with E-state index >= 15 is 0 Å². The van der Waals surface area contributed by atoms with Gasteiger partial charge in [-0.25, -0.2) is 9.48 Å². The van der Waals surface area contributed by atoms with E-state index in [1.807, 2.05) is 0 Å². The van der Waals surface area contributed by atoms with E-state index in [1.54, 1.807) is 4.68 Å². The summed E-state index contributed by atoms with van der Waals surface area (Å²) in [6.07, 6.45) is 3.81. The van der Waals surface area contributed by atoms with Crippen LogP contribution in [0.1, 0.15) is 36.3 Å². The average molecular weight is 224 g/mol. The smallest absolute Gasteiger partial charge is 0.358 e. The first-order valence-electron chi connectivity index (χ1n) is 5.54. The topological polar surface area (TPSA) is 80.0 Å². The van der Waals surface area contributed by atoms with Crippen molar-refractivity contribution in [1.29, 1.82) is 0 Å². The van der Waals surface area contributed by atoms with Crippen molar-refractivity contribution < 1.29 is 9.90 Å². The van der Waals surface area contributed by atoms with E-state index in [0.717, 1.165) is 25.9 Å². The summed E-state index contributed by atoms with van der Waals surface area (Å²) in [5, 5.41) is 19.6. The highest BCUT2D eigenvalue weighted by atomic mass is 16.4. The molecule has 1 aromatic heterocycles. The van der Waals surface area contributed by atoms with Crippen molar-refractivity contribution in [2.45, 2.75) is 25.8 Å². The van der Waals surface area contributed by atoms with Crippen molar-refractivity contribution in [2.75, 3.05) is 13.1 Å². The molecule has 0 bridgehead atoms. The molecule has 1 aliphatic rings. The molecule has 6 heteroatoms. The molecule has 6 nitrogen and oxygen atoms in total. The van der Waals surface area contributed by atoms with Gasteiger partial charge in [0.25, 0.3) is 0 Å². The van der Waals surface area contributed by atoms with Crippen molar-refractivity contribution in [3.63, 3.8) is 0 Å². The predicted molar refractivity (Wildman–Crippen MR) is 57.3 cm³/mol. The summed E-state index contributed by atoms with van der Waals surface area (Å²) in [4.78, 5) is 10.7. The van der Waals surface area contributed by atoms with Crippen molar-refractivity contribution in [1.82, 2.24) is 20.3 Å². The van der Waals surface area contributed by atoms with E-state index in [0.29, 0.717) is 5.92 Å². The number of nitrogens with zero attached hydrogens (tertiary/aromatic N) is 3. The third-order valence-corrected chi connectivity index (χ3v) is 3.16. The van der Waals surface area contributed by atoms with Crippen LogP contribution in [0.25, 0.3) is 0 Å². The zero-order chi connectivity index (χ0) is 11.5. The maximum absolute atomic E-state index is 10.7. The van der Waals surface area contributed by atoms with Gasteiger partial charge in [-0.05, 0) is 38.8 Å². The first-order chi connectivity index (χ1) is 7.68. The number of nitrogens with one attached hydrogen (secondary N) is 1. The molecule has 88 valence electrons. The molecule has 0 saturated carbocycles. The Morgan fingerprint density at radius 2 is 2.56 bits per heavy atom. The first-order valence-corrected chi connectivity index (χ1v) is 5.54. The van der Waals surface area contributed by atoms with Crippen molar-refractivity contribution >= 4 is 5.97 Å². The molecule has 1 saturated heterocycles. The molecular weight excluding hydrogens is 208 g/mol. The second kappa shape index (κ2) is 4.61. The fraction of sp³-hybridized carbons (Fsp3) is 0.700. The Hall–Kier alpha value is -1.43. The number of carbonyl (C=O) groups is 1. The number of hydrogen-bond donors (Lipinski definition) is 2. The van der Waals surface area contributed by atoms with Crippen LogP contribution in [0, 0.1) is 5.92 Å². The minimum atomic E-state index is -1.03. The normalized spacial score (nSPS) is 22.9. The van der Waals surface area contributed by atoms with Gasteiger partial charge in [-0.1, -0.05) is 5.21 Å². The second-order valence-corrected chi connectivity index (χ2v) is 4.24. The summed E-state index contributed by atoms with van der Waals surface area (Å²) in [5.41, 5.74) is 0.00983. The lowest BCUT2D eigenvalue weighted by atomic mass is 9.93. The lowest BCUT2D eigenvalue weighted by molar-refractivity contribution is 0.0690. The lowest BCUT2D eigenvalue weighted by Crippen LogP contribution is -2.34. The Kier molecular flexibility index (Phi) is 3.19. The van der Waals surface area contributed by atoms with Gasteiger partial charge in [0.1, 0.15) is 0 Å². The largest absolute Gasteiger partial charge is 0.476 e. The number of piperidine rings is 1. The van der Waals surface area contributed by atoms with Gasteiger partial charge in [0.15, 0.2) is 5.69 Å². The van der Waals surface area contributed by atoms with Crippen LogP contribution in [-0.2, 0) is 0 Å². The van der Waals surface area contributed by atoms with E-state index in [4.69, 9.17) is 5.11 Å². The number of aromatic nitrogens is 3. The molecule has 1 fully saturated rings. The number of rotatable bonds is 3. The molecule has 16 heavy (non-hydrogen) atoms. The van der Waals surface area contributed by atoms with Gasteiger partial charge in [0, 0.05) is 0 Å². The minimum Gasteiger partial charge on any atom is -0.476 e. The molecule has 0 aromatic carbocycles. The Labute approximate surface area is 93.6 Å². The standard InChI is InChI=1S/C10H16N4O2/c1-7(8-3-2-4-11-5-8)14-6-9(10(15)16)12-13-14/h6-8,11H,2-5H2,1H3,(H,15,16). The zero-order valence-corrected chi connectivity index (χ0v) is 9.26. The number of hydrogen-bond acceptors (Lipinski definition) is 4. The summed E-state index contributed by atoms with van der Waals surface area (Å²) in [6, 6.07) is 0.188. The van der Waals surface area contributed by atoms with Crippen LogP contribution in [-0.4, -0.2) is 39.2 Å². The van der Waals surface area contributed by atoms with Crippen LogP contribution in [0.15, 0.2) is 6.20 Å². The second-order valence-electron chi connectivity index (χ2n) is 4.24. The molecule has 2 rings (SSSR count). The third kappa shape index (κ3) is 2.21. The SMILES string of the molecule is CC(C1CCCNC1)n1cc(C(=O)O)nn1. The summed E-state index contributed by atoms with van der Waals surface area (Å²) in [7, 11) is 0. The van der Waals surface area contributed by atoms with Gasteiger partial charge in [0.2, 0.25) is 0 Å². The van der Waals surface area contributed by atoms with Gasteiger partial charge in [-0.2, -0.15) is 0 Å². The average Bonchev–Trinajstić information content (AvgIpc) is 2.78. The van der Waals surface area contributed by atoms with E-state index in [-0.39, 0.29) is 11.7 Å². The molecule has 2 atom stereocenters. The Morgan fingerprint density at radius 3 is 3.12 bits per heavy atom. The van der Waals surface area contributed by atoms with Crippen LogP contribution in [0.5, 0.6) is 0 Å². The Morgan fingerprint density at radius 1 is 1.75 bits per heavy atom. The molecule has 0 amide bonds. The molecule has 2 N–H and O–H groups in total. The molecule has 1 aliphatic heterocycles. The summed E-state index contributed by atoms with van der Waals surface area (Å²) in [6.45, 7) is 4.09. The van der Waals surface area contributed by atoms with Gasteiger partial charge in [0.05, 0.1) is 12.2 Å². The van der Waals surface area contributed by atoms with Crippen LogP contribution in [0.2, 0.25) is 0 Å². The number of carboxylic acid groups (broad SMARTS) is 1. The molecule has 2 unspecified atom stereocenters. The van der Waals surface area contributed by atoms with Crippen LogP contribution in [0.3, 0.4) is 0 Å². The third-order valence-electron chi connectivity index (χ3n) is 3.16. The highest BCUT2D eigenvalue weighted by Gasteiger charge is 2.22. The molecule has 0 spiro atoms. The summed E-state index contributed by atoms with van der Waals surface area (Å²) in [5.74, 6) is -0.530. The monoisotopic (exact) mass is 224 g/mol. The molecule has 1 aromatic rings. The lowest BCUT2D eigenvalue weighted by Gasteiger charge is -2.27. The number of aromatic carboxylic acids is 1. The van der Waals surface area contributed by atoms with Gasteiger partial charge in [-0.15, -0.1) is 5.10 Å². The highest BCUT2D eigenvalue weighted by molar-refractivity contribution is 5.84. The Bertz CT molecular complexity index is 371. The van der Waals surface area contributed by atoms with Crippen molar-refractivity contribution in [3.8, 4) is 0 Å². The van der Waals surface area contributed by atoms with E-state index in [2.05, 4.69) is 22.6 Å². The maximum atomic E-state index is 10.7. The van der Waals surface area contributed by atoms with Crippen molar-refractivity contribution in [2.24, 2.45) is 5.92 Å². The molecule has 0 radical (unpaired) electrons. The molecular formula is C10H16N4O2. The quantitative estimate of drug-likeness (QED) is 0.783. The van der Waals surface area contributed by atoms with E-state index in [1.165, 1.54) is 6.20 Å². The number of carboxylic acids is 1.